The maximum absolute atomic E-state index is 4.82. The van der Waals surface area contributed by atoms with E-state index in [-0.39, 0.29) is 0 Å². The second-order valence-electron chi connectivity index (χ2n) is 6.03. The summed E-state index contributed by atoms with van der Waals surface area (Å²) in [4.78, 5) is 12.4. The van der Waals surface area contributed by atoms with Gasteiger partial charge < -0.3 is 9.55 Å². The molecule has 0 radical (unpaired) electrons. The van der Waals surface area contributed by atoms with E-state index in [4.69, 9.17) is 4.98 Å². The first kappa shape index (κ1) is 11.9. The first-order valence-electron chi connectivity index (χ1n) is 7.60. The highest BCUT2D eigenvalue weighted by molar-refractivity contribution is 6.01. The molecule has 4 heteroatoms. The number of imidazole rings is 1. The molecule has 0 atom stereocenters. The Labute approximate surface area is 118 Å². The molecule has 0 bridgehead atoms. The van der Waals surface area contributed by atoms with Crippen LogP contribution in [0.3, 0.4) is 0 Å². The molecule has 0 aromatic carbocycles. The molecule has 0 saturated heterocycles. The second-order valence-corrected chi connectivity index (χ2v) is 6.03. The van der Waals surface area contributed by atoms with Crippen molar-refractivity contribution in [1.29, 1.82) is 0 Å². The summed E-state index contributed by atoms with van der Waals surface area (Å²) in [6, 6.07) is 2.09. The molecule has 0 amide bonds. The van der Waals surface area contributed by atoms with E-state index in [1.54, 1.807) is 0 Å². The standard InChI is InChI=1S/C16H20N4/c1-20-14(9-11-5-3-2-4-6-11)19-13-10-18-16-12(15(13)20)7-8-17-16/h7-8,10-11H,2-6,9H2,1H3,(H,17,18). The predicted octanol–water partition coefficient (Wildman–Crippen LogP) is 3.57. The Hall–Kier alpha value is -1.84. The van der Waals surface area contributed by atoms with Crippen molar-refractivity contribution in [2.24, 2.45) is 13.0 Å². The number of rotatable bonds is 2. The molecule has 0 aliphatic heterocycles. The molecule has 104 valence electrons. The summed E-state index contributed by atoms with van der Waals surface area (Å²) in [5.74, 6) is 2.02. The van der Waals surface area contributed by atoms with E-state index in [9.17, 15) is 0 Å². The van der Waals surface area contributed by atoms with E-state index >= 15 is 0 Å². The molecule has 3 aromatic rings. The Morgan fingerprint density at radius 3 is 3.00 bits per heavy atom. The Morgan fingerprint density at radius 1 is 1.30 bits per heavy atom. The Bertz CT molecular complexity index is 746. The van der Waals surface area contributed by atoms with E-state index in [0.717, 1.165) is 23.5 Å². The fourth-order valence-electron chi connectivity index (χ4n) is 3.59. The van der Waals surface area contributed by atoms with E-state index in [1.165, 1.54) is 48.8 Å². The quantitative estimate of drug-likeness (QED) is 0.772. The van der Waals surface area contributed by atoms with Gasteiger partial charge in [0.15, 0.2) is 0 Å². The van der Waals surface area contributed by atoms with Gasteiger partial charge >= 0.3 is 0 Å². The fraction of sp³-hybridized carbons (Fsp3) is 0.500. The van der Waals surface area contributed by atoms with Crippen LogP contribution in [-0.2, 0) is 13.5 Å². The van der Waals surface area contributed by atoms with Crippen LogP contribution in [0.25, 0.3) is 22.1 Å². The van der Waals surface area contributed by atoms with E-state index < -0.39 is 0 Å². The molecule has 0 spiro atoms. The minimum Gasteiger partial charge on any atom is -0.346 e. The average Bonchev–Trinajstić information content (AvgIpc) is 3.05. The number of nitrogens with one attached hydrogen (secondary N) is 1. The molecular weight excluding hydrogens is 248 g/mol. The molecule has 4 rings (SSSR count). The second kappa shape index (κ2) is 4.62. The van der Waals surface area contributed by atoms with Crippen LogP contribution in [-0.4, -0.2) is 19.5 Å². The molecule has 1 saturated carbocycles. The van der Waals surface area contributed by atoms with Crippen molar-refractivity contribution >= 4 is 22.1 Å². The maximum atomic E-state index is 4.82. The first-order chi connectivity index (χ1) is 9.83. The minimum atomic E-state index is 0.814. The number of hydrogen-bond acceptors (Lipinski definition) is 2. The average molecular weight is 268 g/mol. The molecule has 20 heavy (non-hydrogen) atoms. The summed E-state index contributed by atoms with van der Waals surface area (Å²) >= 11 is 0. The van der Waals surface area contributed by atoms with Crippen molar-refractivity contribution in [3.05, 3.63) is 24.3 Å². The zero-order chi connectivity index (χ0) is 13.5. The van der Waals surface area contributed by atoms with Gasteiger partial charge in [0.2, 0.25) is 0 Å². The normalized spacial score (nSPS) is 17.2. The molecule has 4 nitrogen and oxygen atoms in total. The van der Waals surface area contributed by atoms with Crippen LogP contribution < -0.4 is 0 Å². The molecule has 0 unspecified atom stereocenters. The molecule has 1 fully saturated rings. The SMILES string of the molecule is Cn1c(CC2CCCCC2)nc2cnc3[nH]ccc3c21. The van der Waals surface area contributed by atoms with Gasteiger partial charge in [-0.15, -0.1) is 0 Å². The smallest absolute Gasteiger partial charge is 0.139 e. The van der Waals surface area contributed by atoms with Crippen LogP contribution in [0, 0.1) is 5.92 Å². The topological polar surface area (TPSA) is 46.5 Å². The Balaban J connectivity index is 1.78. The maximum Gasteiger partial charge on any atom is 0.139 e. The number of aryl methyl sites for hydroxylation is 1. The molecule has 1 aliphatic rings. The van der Waals surface area contributed by atoms with Crippen molar-refractivity contribution < 1.29 is 0 Å². The molecule has 3 aromatic heterocycles. The highest BCUT2D eigenvalue weighted by atomic mass is 15.1. The van der Waals surface area contributed by atoms with Crippen LogP contribution in [0.2, 0.25) is 0 Å². The third-order valence-electron chi connectivity index (χ3n) is 4.71. The van der Waals surface area contributed by atoms with E-state index in [2.05, 4.69) is 27.6 Å². The van der Waals surface area contributed by atoms with Crippen LogP contribution >= 0.6 is 0 Å². The third kappa shape index (κ3) is 1.82. The molecule has 1 aliphatic carbocycles. The number of fused-ring (bicyclic) bond motifs is 3. The monoisotopic (exact) mass is 268 g/mol. The summed E-state index contributed by atoms with van der Waals surface area (Å²) < 4.78 is 2.27. The van der Waals surface area contributed by atoms with Gasteiger partial charge in [-0.05, 0) is 12.0 Å². The summed E-state index contributed by atoms with van der Waals surface area (Å²) in [5.41, 5.74) is 3.18. The van der Waals surface area contributed by atoms with Gasteiger partial charge in [0.05, 0.1) is 11.7 Å². The number of aromatic amines is 1. The third-order valence-corrected chi connectivity index (χ3v) is 4.71. The van der Waals surface area contributed by atoms with Gasteiger partial charge in [-0.25, -0.2) is 9.97 Å². The summed E-state index contributed by atoms with van der Waals surface area (Å²) in [6.07, 6.45) is 11.9. The van der Waals surface area contributed by atoms with Gasteiger partial charge in [-0.2, -0.15) is 0 Å². The lowest BCUT2D eigenvalue weighted by atomic mass is 9.87. The van der Waals surface area contributed by atoms with Crippen molar-refractivity contribution in [2.45, 2.75) is 38.5 Å². The number of aromatic nitrogens is 4. The van der Waals surface area contributed by atoms with Crippen LogP contribution in [0.1, 0.15) is 37.9 Å². The number of nitrogens with zero attached hydrogens (tertiary/aromatic N) is 3. The zero-order valence-electron chi connectivity index (χ0n) is 11.9. The number of pyridine rings is 1. The molecule has 3 heterocycles. The zero-order valence-corrected chi connectivity index (χ0v) is 11.9. The minimum absolute atomic E-state index is 0.814. The van der Waals surface area contributed by atoms with Gasteiger partial charge in [0, 0.05) is 25.1 Å². The number of hydrogen-bond donors (Lipinski definition) is 1. The lowest BCUT2D eigenvalue weighted by Gasteiger charge is -2.20. The van der Waals surface area contributed by atoms with Gasteiger partial charge in [0.25, 0.3) is 0 Å². The van der Waals surface area contributed by atoms with Crippen LogP contribution in [0.5, 0.6) is 0 Å². The lowest BCUT2D eigenvalue weighted by molar-refractivity contribution is 0.349. The van der Waals surface area contributed by atoms with Gasteiger partial charge in [-0.3, -0.25) is 0 Å². The molecular formula is C16H20N4. The lowest BCUT2D eigenvalue weighted by Crippen LogP contribution is -2.12. The predicted molar refractivity (Wildman–Crippen MR) is 80.6 cm³/mol. The van der Waals surface area contributed by atoms with Crippen molar-refractivity contribution in [1.82, 2.24) is 19.5 Å². The van der Waals surface area contributed by atoms with Gasteiger partial charge in [0.1, 0.15) is 17.0 Å². The van der Waals surface area contributed by atoms with Crippen molar-refractivity contribution in [2.75, 3.05) is 0 Å². The van der Waals surface area contributed by atoms with Crippen LogP contribution in [0.4, 0.5) is 0 Å². The largest absolute Gasteiger partial charge is 0.346 e. The number of H-pyrrole nitrogens is 1. The highest BCUT2D eigenvalue weighted by Crippen LogP contribution is 2.29. The highest BCUT2D eigenvalue weighted by Gasteiger charge is 2.18. The fourth-order valence-corrected chi connectivity index (χ4v) is 3.59. The van der Waals surface area contributed by atoms with Crippen molar-refractivity contribution in [3.8, 4) is 0 Å². The Morgan fingerprint density at radius 2 is 2.15 bits per heavy atom. The summed E-state index contributed by atoms with van der Waals surface area (Å²) in [5, 5.41) is 1.17. The first-order valence-corrected chi connectivity index (χ1v) is 7.60. The van der Waals surface area contributed by atoms with Gasteiger partial charge in [-0.1, -0.05) is 32.1 Å². The Kier molecular flexibility index (Phi) is 2.76. The summed E-state index contributed by atoms with van der Waals surface area (Å²) in [7, 11) is 2.14. The summed E-state index contributed by atoms with van der Waals surface area (Å²) in [6.45, 7) is 0. The van der Waals surface area contributed by atoms with Crippen molar-refractivity contribution in [3.63, 3.8) is 0 Å². The van der Waals surface area contributed by atoms with E-state index in [0.29, 0.717) is 0 Å². The van der Waals surface area contributed by atoms with Crippen LogP contribution in [0.15, 0.2) is 18.5 Å². The molecule has 1 N–H and O–H groups in total. The van der Waals surface area contributed by atoms with E-state index in [1.807, 2.05) is 12.4 Å².